The van der Waals surface area contributed by atoms with Crippen molar-refractivity contribution < 1.29 is 66.3 Å². The summed E-state index contributed by atoms with van der Waals surface area (Å²) < 4.78 is 0. The van der Waals surface area contributed by atoms with Crippen molar-refractivity contribution in [1.29, 1.82) is 0 Å². The second kappa shape index (κ2) is 240. The Hall–Kier alpha value is 1.03. The van der Waals surface area contributed by atoms with Crippen molar-refractivity contribution in [2.24, 2.45) is 0 Å². The third-order valence-corrected chi connectivity index (χ3v) is 0. The van der Waals surface area contributed by atoms with E-state index in [9.17, 15) is 0 Å². The van der Waals surface area contributed by atoms with Gasteiger partial charge in [0.05, 0.1) is 0 Å². The summed E-state index contributed by atoms with van der Waals surface area (Å²) in [7, 11) is 0. The molecule has 0 fully saturated rings. The van der Waals surface area contributed by atoms with Gasteiger partial charge >= 0.3 is 38.9 Å². The van der Waals surface area contributed by atoms with Crippen molar-refractivity contribution in [3.63, 3.8) is 0 Å². The third kappa shape index (κ3) is 167. The van der Waals surface area contributed by atoms with E-state index in [1.54, 1.807) is 0 Å². The molecule has 0 amide bonds. The quantitative estimate of drug-likeness (QED) is 0.498. The van der Waals surface area contributed by atoms with E-state index >= 15 is 0 Å². The summed E-state index contributed by atoms with van der Waals surface area (Å²) in [5, 5.41) is 0. The van der Waals surface area contributed by atoms with E-state index in [0.29, 0.717) is 0 Å². The molecule has 0 aromatic carbocycles. The first kappa shape index (κ1) is 372. The maximum absolute atomic E-state index is 0. The molecule has 0 aromatic rings. The Bertz CT molecular complexity index is 8.04. The van der Waals surface area contributed by atoms with Crippen molar-refractivity contribution in [2.45, 2.75) is 0 Å². The van der Waals surface area contributed by atoms with Crippen LogP contribution in [0.4, 0.5) is 0 Å². The van der Waals surface area contributed by atoms with Crippen LogP contribution in [0, 0.1) is 0 Å². The van der Waals surface area contributed by atoms with E-state index < -0.39 is 0 Å². The summed E-state index contributed by atoms with van der Waals surface area (Å²) in [5.74, 6) is 0. The molecule has 0 spiro atoms. The minimum Gasteiger partial charge on any atom is -2.00 e. The summed E-state index contributed by atoms with van der Waals surface area (Å²) in [6.45, 7) is 0. The SMILES string of the molecule is O.[Ni+2].[O-2].[O-2].[O-2].[OH-].[Ta+5]. The van der Waals surface area contributed by atoms with Crippen LogP contribution >= 0.6 is 0 Å². The minimum absolute atomic E-state index is 0. The maximum Gasteiger partial charge on any atom is 5.00 e. The molecule has 0 heterocycles. The van der Waals surface area contributed by atoms with Crippen LogP contribution in [0.15, 0.2) is 0 Å². The van der Waals surface area contributed by atoms with Crippen molar-refractivity contribution in [3.8, 4) is 0 Å². The van der Waals surface area contributed by atoms with Gasteiger partial charge < -0.3 is 27.4 Å². The zero-order chi connectivity index (χ0) is 0. The molecule has 0 aliphatic carbocycles. The molecular formula is H3NiO5Ta. The molecule has 7 heteroatoms. The van der Waals surface area contributed by atoms with Gasteiger partial charge in [-0.05, 0) is 0 Å². The molecule has 0 aromatic heterocycles. The zero-order valence-corrected chi connectivity index (χ0v) is 7.14. The molecule has 3 N–H and O–H groups in total. The van der Waals surface area contributed by atoms with Gasteiger partial charge in [-0.3, -0.25) is 0 Å². The summed E-state index contributed by atoms with van der Waals surface area (Å²) in [5.41, 5.74) is 0. The molecule has 0 bridgehead atoms. The maximum atomic E-state index is 0. The number of hydrogen-bond donors (Lipinski definition) is 0. The standard InChI is InChI=1S/Ni.2H2O.3O.Ta/h;2*1H2;;;;/q+2;;;3*-2;+5/p-1. The van der Waals surface area contributed by atoms with Gasteiger partial charge in [0.1, 0.15) is 0 Å². The van der Waals surface area contributed by atoms with Crippen LogP contribution in [0.25, 0.3) is 0 Å². The largest absolute Gasteiger partial charge is 5.00 e. The van der Waals surface area contributed by atoms with Crippen LogP contribution in [0.2, 0.25) is 0 Å². The number of hydrogen-bond acceptors (Lipinski definition) is 1. The number of rotatable bonds is 0. The van der Waals surface area contributed by atoms with Crippen molar-refractivity contribution in [3.05, 3.63) is 0 Å². The van der Waals surface area contributed by atoms with E-state index in [-0.39, 0.29) is 66.3 Å². The molecule has 0 aliphatic heterocycles. The Morgan fingerprint density at radius 1 is 0.714 bits per heavy atom. The van der Waals surface area contributed by atoms with Crippen LogP contribution < -0.4 is 0 Å². The third-order valence-electron chi connectivity index (χ3n) is 0. The summed E-state index contributed by atoms with van der Waals surface area (Å²) in [6, 6.07) is 0. The van der Waals surface area contributed by atoms with Crippen molar-refractivity contribution in [1.82, 2.24) is 0 Å². The summed E-state index contributed by atoms with van der Waals surface area (Å²) >= 11 is 0. The van der Waals surface area contributed by atoms with Gasteiger partial charge in [-0.15, -0.1) is 0 Å². The molecule has 0 saturated carbocycles. The molecule has 0 unspecified atom stereocenters. The van der Waals surface area contributed by atoms with Gasteiger partial charge in [0, 0.05) is 0 Å². The van der Waals surface area contributed by atoms with Crippen LogP contribution in [0.5, 0.6) is 0 Å². The fourth-order valence-electron chi connectivity index (χ4n) is 0. The topological polar surface area (TPSA) is 147 Å². The molecule has 48 valence electrons. The molecule has 0 saturated heterocycles. The Morgan fingerprint density at radius 2 is 0.714 bits per heavy atom. The minimum atomic E-state index is 0. The van der Waals surface area contributed by atoms with Gasteiger partial charge in [-0.1, -0.05) is 0 Å². The summed E-state index contributed by atoms with van der Waals surface area (Å²) in [6.07, 6.45) is 0. The van der Waals surface area contributed by atoms with Gasteiger partial charge in [-0.25, -0.2) is 0 Å². The first-order chi connectivity index (χ1) is 0. The van der Waals surface area contributed by atoms with Crippen LogP contribution in [0.3, 0.4) is 0 Å². The second-order valence-corrected chi connectivity index (χ2v) is 0. The first-order valence-corrected chi connectivity index (χ1v) is 0. The predicted octanol–water partition coefficient (Wildman–Crippen LogP) is -1.36. The van der Waals surface area contributed by atoms with Gasteiger partial charge in [0.15, 0.2) is 0 Å². The Balaban J connectivity index is 0. The van der Waals surface area contributed by atoms with Crippen LogP contribution in [-0.4, -0.2) is 11.0 Å². The Morgan fingerprint density at radius 3 is 0.714 bits per heavy atom. The molecule has 5 nitrogen and oxygen atoms in total. The Labute approximate surface area is 66.5 Å². The Kier molecular flexibility index (Phi) is 12700. The van der Waals surface area contributed by atoms with Gasteiger partial charge in [-0.2, -0.15) is 0 Å². The molecule has 0 atom stereocenters. The average Bonchev–Trinajstić information content (AvgIpc) is 0. The second-order valence-electron chi connectivity index (χ2n) is 0. The van der Waals surface area contributed by atoms with Crippen molar-refractivity contribution in [2.75, 3.05) is 0 Å². The van der Waals surface area contributed by atoms with E-state index in [1.165, 1.54) is 0 Å². The zero-order valence-electron chi connectivity index (χ0n) is 2.94. The fourth-order valence-corrected chi connectivity index (χ4v) is 0. The fraction of sp³-hybridized carbons (Fsp3) is 0. The first-order valence-electron chi connectivity index (χ1n) is 0. The van der Waals surface area contributed by atoms with Crippen LogP contribution in [0.1, 0.15) is 0 Å². The molecule has 0 aliphatic rings. The van der Waals surface area contributed by atoms with E-state index in [2.05, 4.69) is 0 Å². The van der Waals surface area contributed by atoms with Crippen molar-refractivity contribution >= 4 is 0 Å². The predicted molar refractivity (Wildman–Crippen MR) is 7.61 cm³/mol. The van der Waals surface area contributed by atoms with Gasteiger partial charge in [0.25, 0.3) is 0 Å². The van der Waals surface area contributed by atoms with E-state index in [4.69, 9.17) is 0 Å². The van der Waals surface area contributed by atoms with E-state index in [0.717, 1.165) is 0 Å². The average molecular weight is 323 g/mol. The normalized spacial score (nSPS) is 0. The summed E-state index contributed by atoms with van der Waals surface area (Å²) in [4.78, 5) is 0. The van der Waals surface area contributed by atoms with Crippen LogP contribution in [-0.2, 0) is 55.3 Å². The monoisotopic (exact) mass is 322 g/mol. The van der Waals surface area contributed by atoms with E-state index in [1.807, 2.05) is 0 Å². The van der Waals surface area contributed by atoms with Gasteiger partial charge in [0.2, 0.25) is 0 Å². The molecule has 0 rings (SSSR count). The molecule has 7 heavy (non-hydrogen) atoms. The molecular weight excluding hydrogens is 320 g/mol. The molecule has 0 radical (unpaired) electrons. The smallest absolute Gasteiger partial charge is 2.00 e.